The van der Waals surface area contributed by atoms with Gasteiger partial charge in [0.05, 0.1) is 11.5 Å². The summed E-state index contributed by atoms with van der Waals surface area (Å²) in [6.07, 6.45) is 4.37. The molecule has 1 fully saturated rings. The fraction of sp³-hybridized carbons (Fsp3) is 0.438. The Bertz CT molecular complexity index is 631. The number of aromatic nitrogens is 3. The Hall–Kier alpha value is -2.17. The number of carbonyl (C=O) groups is 1. The monoisotopic (exact) mass is 284 g/mol. The highest BCUT2D eigenvalue weighted by Gasteiger charge is 2.46. The van der Waals surface area contributed by atoms with Crippen LogP contribution in [0.15, 0.2) is 30.6 Å². The van der Waals surface area contributed by atoms with Gasteiger partial charge in [0, 0.05) is 0 Å². The number of rotatable bonds is 4. The van der Waals surface area contributed by atoms with Crippen LogP contribution in [-0.4, -0.2) is 21.1 Å². The molecule has 21 heavy (non-hydrogen) atoms. The highest BCUT2D eigenvalue weighted by atomic mass is 16.2. The lowest BCUT2D eigenvalue weighted by Crippen LogP contribution is -2.49. The molecule has 1 aliphatic carbocycles. The molecule has 0 bridgehead atoms. The normalized spacial score (nSPS) is 17.8. The van der Waals surface area contributed by atoms with Gasteiger partial charge in [-0.1, -0.05) is 36.2 Å². The predicted molar refractivity (Wildman–Crippen MR) is 79.6 cm³/mol. The van der Waals surface area contributed by atoms with Crippen molar-refractivity contribution in [3.05, 3.63) is 47.5 Å². The van der Waals surface area contributed by atoms with E-state index in [4.69, 9.17) is 0 Å². The lowest BCUT2D eigenvalue weighted by molar-refractivity contribution is -0.130. The molecule has 1 aromatic carbocycles. The van der Waals surface area contributed by atoms with Crippen molar-refractivity contribution in [3.63, 3.8) is 0 Å². The summed E-state index contributed by atoms with van der Waals surface area (Å²) >= 11 is 0. The fourth-order valence-electron chi connectivity index (χ4n) is 2.95. The van der Waals surface area contributed by atoms with Crippen LogP contribution in [0.5, 0.6) is 0 Å². The number of aryl methyl sites for hydroxylation is 1. The molecule has 1 amide bonds. The highest BCUT2D eigenvalue weighted by molar-refractivity contribution is 5.89. The van der Waals surface area contributed by atoms with E-state index >= 15 is 0 Å². The number of aromatic amines is 1. The molecule has 1 atom stereocenters. The van der Waals surface area contributed by atoms with Crippen LogP contribution >= 0.6 is 0 Å². The van der Waals surface area contributed by atoms with E-state index in [1.807, 2.05) is 13.0 Å². The first-order valence-electron chi connectivity index (χ1n) is 7.35. The summed E-state index contributed by atoms with van der Waals surface area (Å²) in [4.78, 5) is 16.9. The number of nitrogens with zero attached hydrogens (tertiary/aromatic N) is 2. The summed E-state index contributed by atoms with van der Waals surface area (Å²) < 4.78 is 0. The Balaban J connectivity index is 1.81. The molecule has 3 rings (SSSR count). The Morgan fingerprint density at radius 3 is 2.81 bits per heavy atom. The SMILES string of the molecule is Cc1cccc(C2(C(=O)NC(C)c3ncn[nH]3)CCC2)c1. The maximum Gasteiger partial charge on any atom is 0.231 e. The zero-order valence-corrected chi connectivity index (χ0v) is 12.4. The summed E-state index contributed by atoms with van der Waals surface area (Å²) in [6, 6.07) is 8.10. The molecule has 0 aliphatic heterocycles. The van der Waals surface area contributed by atoms with Crippen molar-refractivity contribution < 1.29 is 4.79 Å². The van der Waals surface area contributed by atoms with E-state index < -0.39 is 0 Å². The molecule has 2 N–H and O–H groups in total. The van der Waals surface area contributed by atoms with E-state index in [9.17, 15) is 4.79 Å². The minimum atomic E-state index is -0.375. The molecule has 0 spiro atoms. The average molecular weight is 284 g/mol. The minimum absolute atomic E-state index is 0.0863. The third kappa shape index (κ3) is 2.44. The zero-order chi connectivity index (χ0) is 14.9. The molecule has 0 radical (unpaired) electrons. The third-order valence-electron chi connectivity index (χ3n) is 4.40. The molecule has 1 aromatic heterocycles. The third-order valence-corrected chi connectivity index (χ3v) is 4.40. The first kappa shape index (κ1) is 13.8. The zero-order valence-electron chi connectivity index (χ0n) is 12.4. The van der Waals surface area contributed by atoms with E-state index in [1.54, 1.807) is 0 Å². The van der Waals surface area contributed by atoms with Crippen molar-refractivity contribution in [2.24, 2.45) is 0 Å². The number of hydrogen-bond donors (Lipinski definition) is 2. The van der Waals surface area contributed by atoms with E-state index in [0.29, 0.717) is 5.82 Å². The minimum Gasteiger partial charge on any atom is -0.346 e. The molecular weight excluding hydrogens is 264 g/mol. The van der Waals surface area contributed by atoms with Gasteiger partial charge in [0.2, 0.25) is 5.91 Å². The van der Waals surface area contributed by atoms with Crippen molar-refractivity contribution in [3.8, 4) is 0 Å². The number of H-pyrrole nitrogens is 1. The van der Waals surface area contributed by atoms with Crippen LogP contribution in [0.25, 0.3) is 0 Å². The van der Waals surface area contributed by atoms with Gasteiger partial charge in [-0.15, -0.1) is 0 Å². The van der Waals surface area contributed by atoms with Crippen molar-refractivity contribution in [1.29, 1.82) is 0 Å². The summed E-state index contributed by atoms with van der Waals surface area (Å²) in [6.45, 7) is 3.98. The number of hydrogen-bond acceptors (Lipinski definition) is 3. The van der Waals surface area contributed by atoms with Gasteiger partial charge in [-0.3, -0.25) is 9.89 Å². The molecule has 110 valence electrons. The smallest absolute Gasteiger partial charge is 0.231 e. The molecule has 5 heteroatoms. The second kappa shape index (κ2) is 5.31. The maximum absolute atomic E-state index is 12.8. The largest absolute Gasteiger partial charge is 0.346 e. The predicted octanol–water partition coefficient (Wildman–Crippen LogP) is 2.41. The Morgan fingerprint density at radius 2 is 2.24 bits per heavy atom. The quantitative estimate of drug-likeness (QED) is 0.905. The number of carbonyl (C=O) groups excluding carboxylic acids is 1. The molecule has 2 aromatic rings. The van der Waals surface area contributed by atoms with Crippen LogP contribution in [0.4, 0.5) is 0 Å². The molecule has 1 heterocycles. The van der Waals surface area contributed by atoms with Gasteiger partial charge in [0.25, 0.3) is 0 Å². The Kier molecular flexibility index (Phi) is 3.49. The van der Waals surface area contributed by atoms with Crippen LogP contribution < -0.4 is 5.32 Å². The fourth-order valence-corrected chi connectivity index (χ4v) is 2.95. The van der Waals surface area contributed by atoms with Crippen LogP contribution in [0.2, 0.25) is 0 Å². The lowest BCUT2D eigenvalue weighted by atomic mass is 9.63. The van der Waals surface area contributed by atoms with Gasteiger partial charge in [0.15, 0.2) is 0 Å². The van der Waals surface area contributed by atoms with Crippen molar-refractivity contribution in [1.82, 2.24) is 20.5 Å². The van der Waals surface area contributed by atoms with Crippen molar-refractivity contribution >= 4 is 5.91 Å². The van der Waals surface area contributed by atoms with E-state index in [2.05, 4.69) is 45.6 Å². The molecule has 5 nitrogen and oxygen atoms in total. The lowest BCUT2D eigenvalue weighted by Gasteiger charge is -2.41. The maximum atomic E-state index is 12.8. The highest BCUT2D eigenvalue weighted by Crippen LogP contribution is 2.44. The van der Waals surface area contributed by atoms with Crippen LogP contribution in [0.1, 0.15) is 49.2 Å². The topological polar surface area (TPSA) is 70.7 Å². The molecule has 1 saturated carbocycles. The molecule has 0 saturated heterocycles. The van der Waals surface area contributed by atoms with Gasteiger partial charge >= 0.3 is 0 Å². The van der Waals surface area contributed by atoms with Gasteiger partial charge in [-0.05, 0) is 32.3 Å². The van der Waals surface area contributed by atoms with Gasteiger partial charge in [-0.2, -0.15) is 5.10 Å². The van der Waals surface area contributed by atoms with Gasteiger partial charge in [0.1, 0.15) is 12.2 Å². The number of benzene rings is 1. The summed E-state index contributed by atoms with van der Waals surface area (Å²) in [7, 11) is 0. The summed E-state index contributed by atoms with van der Waals surface area (Å²) in [5.41, 5.74) is 1.94. The van der Waals surface area contributed by atoms with Gasteiger partial charge in [-0.25, -0.2) is 4.98 Å². The molecule has 1 aliphatic rings. The Morgan fingerprint density at radius 1 is 1.43 bits per heavy atom. The van der Waals surface area contributed by atoms with E-state index in [-0.39, 0.29) is 17.4 Å². The Labute approximate surface area is 124 Å². The first-order valence-corrected chi connectivity index (χ1v) is 7.35. The van der Waals surface area contributed by atoms with Crippen molar-refractivity contribution in [2.45, 2.75) is 44.6 Å². The van der Waals surface area contributed by atoms with Crippen LogP contribution in [0.3, 0.4) is 0 Å². The first-order chi connectivity index (χ1) is 10.1. The summed E-state index contributed by atoms with van der Waals surface area (Å²) in [5.74, 6) is 0.769. The van der Waals surface area contributed by atoms with E-state index in [1.165, 1.54) is 11.9 Å². The second-order valence-electron chi connectivity index (χ2n) is 5.87. The molecule has 1 unspecified atom stereocenters. The standard InChI is InChI=1S/C16H20N4O/c1-11-5-3-6-13(9-11)16(7-4-8-16)15(21)19-12(2)14-17-10-18-20-14/h3,5-6,9-10,12H,4,7-8H2,1-2H3,(H,19,21)(H,17,18,20). The average Bonchev–Trinajstić information content (AvgIpc) is 2.91. The molecular formula is C16H20N4O. The van der Waals surface area contributed by atoms with Crippen molar-refractivity contribution in [2.75, 3.05) is 0 Å². The van der Waals surface area contributed by atoms with E-state index in [0.717, 1.165) is 24.8 Å². The summed E-state index contributed by atoms with van der Waals surface area (Å²) in [5, 5.41) is 9.70. The second-order valence-corrected chi connectivity index (χ2v) is 5.87. The number of amides is 1. The van der Waals surface area contributed by atoms with Gasteiger partial charge < -0.3 is 5.32 Å². The van der Waals surface area contributed by atoms with Crippen LogP contribution in [-0.2, 0) is 10.2 Å². The number of nitrogens with one attached hydrogen (secondary N) is 2. The van der Waals surface area contributed by atoms with Crippen LogP contribution in [0, 0.1) is 6.92 Å².